The van der Waals surface area contributed by atoms with Crippen LogP contribution >= 0.6 is 11.6 Å². The van der Waals surface area contributed by atoms with E-state index in [4.69, 9.17) is 11.6 Å². The molecule has 0 spiro atoms. The summed E-state index contributed by atoms with van der Waals surface area (Å²) < 4.78 is 13.4. The molecule has 0 nitrogen and oxygen atoms in total. The van der Waals surface area contributed by atoms with Gasteiger partial charge in [-0.25, -0.2) is 4.39 Å². The SMILES string of the molecule is C=C(Cl)c1ccc(C)c(C)c1F. The van der Waals surface area contributed by atoms with Crippen molar-refractivity contribution in [3.05, 3.63) is 41.2 Å². The average Bonchev–Trinajstić information content (AvgIpc) is 2.00. The largest absolute Gasteiger partial charge is 0.206 e. The summed E-state index contributed by atoms with van der Waals surface area (Å²) in [4.78, 5) is 0. The van der Waals surface area contributed by atoms with Crippen LogP contribution in [0.15, 0.2) is 18.7 Å². The van der Waals surface area contributed by atoms with Gasteiger partial charge in [0.15, 0.2) is 0 Å². The molecule has 0 fully saturated rings. The summed E-state index contributed by atoms with van der Waals surface area (Å²) >= 11 is 5.60. The lowest BCUT2D eigenvalue weighted by atomic mass is 10.1. The highest BCUT2D eigenvalue weighted by molar-refractivity contribution is 6.48. The van der Waals surface area contributed by atoms with Gasteiger partial charge in [-0.3, -0.25) is 0 Å². The summed E-state index contributed by atoms with van der Waals surface area (Å²) in [5, 5.41) is 0.246. The van der Waals surface area contributed by atoms with E-state index in [0.29, 0.717) is 11.1 Å². The van der Waals surface area contributed by atoms with Gasteiger partial charge in [0.05, 0.1) is 0 Å². The first-order valence-corrected chi connectivity index (χ1v) is 4.02. The molecule has 2 heteroatoms. The minimum Gasteiger partial charge on any atom is -0.206 e. The minimum absolute atomic E-state index is 0.246. The van der Waals surface area contributed by atoms with Crippen molar-refractivity contribution in [2.24, 2.45) is 0 Å². The zero-order chi connectivity index (χ0) is 9.30. The topological polar surface area (TPSA) is 0 Å². The van der Waals surface area contributed by atoms with Gasteiger partial charge in [-0.1, -0.05) is 30.3 Å². The lowest BCUT2D eigenvalue weighted by molar-refractivity contribution is 0.614. The summed E-state index contributed by atoms with van der Waals surface area (Å²) in [6.07, 6.45) is 0. The second kappa shape index (κ2) is 3.28. The molecule has 64 valence electrons. The van der Waals surface area contributed by atoms with Crippen LogP contribution in [0.1, 0.15) is 16.7 Å². The van der Waals surface area contributed by atoms with Crippen LogP contribution in [-0.4, -0.2) is 0 Å². The number of aryl methyl sites for hydroxylation is 1. The molecule has 0 N–H and O–H groups in total. The molecule has 0 unspecified atom stereocenters. The Labute approximate surface area is 76.7 Å². The quantitative estimate of drug-likeness (QED) is 0.625. The van der Waals surface area contributed by atoms with Gasteiger partial charge in [0.25, 0.3) is 0 Å². The van der Waals surface area contributed by atoms with Gasteiger partial charge in [0.1, 0.15) is 5.82 Å². The van der Waals surface area contributed by atoms with Gasteiger partial charge >= 0.3 is 0 Å². The Balaban J connectivity index is 3.36. The molecule has 12 heavy (non-hydrogen) atoms. The molecule has 0 heterocycles. The number of benzene rings is 1. The van der Waals surface area contributed by atoms with Crippen LogP contribution in [0.5, 0.6) is 0 Å². The molecule has 0 atom stereocenters. The van der Waals surface area contributed by atoms with Crippen LogP contribution < -0.4 is 0 Å². The third-order valence-electron chi connectivity index (χ3n) is 1.95. The summed E-state index contributed by atoms with van der Waals surface area (Å²) in [7, 11) is 0. The van der Waals surface area contributed by atoms with Crippen molar-refractivity contribution in [3.63, 3.8) is 0 Å². The van der Waals surface area contributed by atoms with Crippen molar-refractivity contribution < 1.29 is 4.39 Å². The van der Waals surface area contributed by atoms with Crippen molar-refractivity contribution in [3.8, 4) is 0 Å². The first-order chi connectivity index (χ1) is 5.54. The molecule has 0 radical (unpaired) electrons. The van der Waals surface area contributed by atoms with Gasteiger partial charge in [-0.15, -0.1) is 0 Å². The van der Waals surface area contributed by atoms with E-state index in [9.17, 15) is 4.39 Å². The van der Waals surface area contributed by atoms with Crippen LogP contribution in [0.2, 0.25) is 0 Å². The van der Waals surface area contributed by atoms with E-state index in [-0.39, 0.29) is 10.8 Å². The minimum atomic E-state index is -0.269. The second-order valence-electron chi connectivity index (χ2n) is 2.77. The first kappa shape index (κ1) is 9.27. The summed E-state index contributed by atoms with van der Waals surface area (Å²) in [5.41, 5.74) is 1.95. The second-order valence-corrected chi connectivity index (χ2v) is 3.23. The molecule has 1 rings (SSSR count). The number of rotatable bonds is 1. The maximum absolute atomic E-state index is 13.4. The summed E-state index contributed by atoms with van der Waals surface area (Å²) in [5.74, 6) is -0.269. The van der Waals surface area contributed by atoms with Crippen molar-refractivity contribution in [1.82, 2.24) is 0 Å². The van der Waals surface area contributed by atoms with Crippen LogP contribution in [0.25, 0.3) is 5.03 Å². The lowest BCUT2D eigenvalue weighted by Gasteiger charge is -2.05. The normalized spacial score (nSPS) is 10.0. The molecule has 0 amide bonds. The van der Waals surface area contributed by atoms with E-state index in [1.165, 1.54) is 0 Å². The number of hydrogen-bond donors (Lipinski definition) is 0. The molecule has 0 aliphatic rings. The Hall–Kier alpha value is -0.820. The van der Waals surface area contributed by atoms with Gasteiger partial charge in [-0.2, -0.15) is 0 Å². The van der Waals surface area contributed by atoms with Crippen LogP contribution in [0, 0.1) is 19.7 Å². The maximum Gasteiger partial charge on any atom is 0.135 e. The Kier molecular flexibility index (Phi) is 2.53. The Morgan fingerprint density at radius 2 is 2.00 bits per heavy atom. The van der Waals surface area contributed by atoms with E-state index >= 15 is 0 Å². The summed E-state index contributed by atoms with van der Waals surface area (Å²) in [6, 6.07) is 3.48. The molecular formula is C10H10ClF. The van der Waals surface area contributed by atoms with Crippen molar-refractivity contribution in [1.29, 1.82) is 0 Å². The molecule has 0 aliphatic carbocycles. The highest BCUT2D eigenvalue weighted by Gasteiger charge is 2.08. The molecule has 0 saturated carbocycles. The van der Waals surface area contributed by atoms with E-state index < -0.39 is 0 Å². The van der Waals surface area contributed by atoms with Gasteiger partial charge in [0.2, 0.25) is 0 Å². The number of hydrogen-bond acceptors (Lipinski definition) is 0. The zero-order valence-electron chi connectivity index (χ0n) is 7.12. The monoisotopic (exact) mass is 184 g/mol. The first-order valence-electron chi connectivity index (χ1n) is 3.64. The highest BCUT2D eigenvalue weighted by atomic mass is 35.5. The van der Waals surface area contributed by atoms with Crippen LogP contribution in [-0.2, 0) is 0 Å². The van der Waals surface area contributed by atoms with E-state index in [2.05, 4.69) is 6.58 Å². The Morgan fingerprint density at radius 3 is 2.50 bits per heavy atom. The molecule has 0 bridgehead atoms. The van der Waals surface area contributed by atoms with Gasteiger partial charge < -0.3 is 0 Å². The van der Waals surface area contributed by atoms with Crippen LogP contribution in [0.3, 0.4) is 0 Å². The predicted molar refractivity (Wildman–Crippen MR) is 50.8 cm³/mol. The Bertz CT molecular complexity index is 329. The van der Waals surface area contributed by atoms with Crippen molar-refractivity contribution >= 4 is 16.6 Å². The third-order valence-corrected chi connectivity index (χ3v) is 2.15. The van der Waals surface area contributed by atoms with E-state index in [0.717, 1.165) is 5.56 Å². The zero-order valence-corrected chi connectivity index (χ0v) is 7.87. The van der Waals surface area contributed by atoms with E-state index in [1.54, 1.807) is 13.0 Å². The highest BCUT2D eigenvalue weighted by Crippen LogP contribution is 2.23. The van der Waals surface area contributed by atoms with E-state index in [1.807, 2.05) is 13.0 Å². The molecular weight excluding hydrogens is 175 g/mol. The van der Waals surface area contributed by atoms with Crippen molar-refractivity contribution in [2.75, 3.05) is 0 Å². The van der Waals surface area contributed by atoms with Crippen LogP contribution in [0.4, 0.5) is 4.39 Å². The molecule has 0 aliphatic heterocycles. The maximum atomic E-state index is 13.4. The van der Waals surface area contributed by atoms with Gasteiger partial charge in [0, 0.05) is 10.6 Å². The number of halogens is 2. The molecule has 0 aromatic heterocycles. The fourth-order valence-corrected chi connectivity index (χ4v) is 1.14. The molecule has 0 saturated heterocycles. The summed E-state index contributed by atoms with van der Waals surface area (Å²) in [6.45, 7) is 7.07. The molecule has 1 aromatic rings. The third kappa shape index (κ3) is 1.51. The standard InChI is InChI=1S/C10H10ClF/c1-6-4-5-9(8(3)11)10(12)7(6)2/h4-5H,3H2,1-2H3. The average molecular weight is 185 g/mol. The predicted octanol–water partition coefficient (Wildman–Crippen LogP) is 3.65. The Morgan fingerprint density at radius 1 is 1.42 bits per heavy atom. The van der Waals surface area contributed by atoms with Crippen molar-refractivity contribution in [2.45, 2.75) is 13.8 Å². The fraction of sp³-hybridized carbons (Fsp3) is 0.200. The van der Waals surface area contributed by atoms with Gasteiger partial charge in [-0.05, 0) is 25.0 Å². The smallest absolute Gasteiger partial charge is 0.135 e. The lowest BCUT2D eigenvalue weighted by Crippen LogP contribution is -1.92. The molecule has 1 aromatic carbocycles. The fourth-order valence-electron chi connectivity index (χ4n) is 0.991.